The Morgan fingerprint density at radius 2 is 2.00 bits per heavy atom. The Bertz CT molecular complexity index is 1470. The average molecular weight is 543 g/mol. The quantitative estimate of drug-likeness (QED) is 0.445. The SMILES string of the molecule is CCOC(=O)C1=C(C)N=c2s/c(=C\c3cc(Br)ccc3OC)c(=O)n2C1c1cccc(OC)c1. The molecule has 0 fully saturated rings. The molecule has 1 aliphatic rings. The van der Waals surface area contributed by atoms with E-state index in [2.05, 4.69) is 20.9 Å². The maximum Gasteiger partial charge on any atom is 0.338 e. The second kappa shape index (κ2) is 9.99. The van der Waals surface area contributed by atoms with Gasteiger partial charge >= 0.3 is 5.97 Å². The molecule has 34 heavy (non-hydrogen) atoms. The predicted molar refractivity (Wildman–Crippen MR) is 134 cm³/mol. The number of nitrogens with zero attached hydrogens (tertiary/aromatic N) is 2. The molecule has 0 saturated carbocycles. The summed E-state index contributed by atoms with van der Waals surface area (Å²) in [5.41, 5.74) is 2.06. The van der Waals surface area contributed by atoms with E-state index in [1.54, 1.807) is 38.7 Å². The van der Waals surface area contributed by atoms with Gasteiger partial charge in [0.2, 0.25) is 0 Å². The summed E-state index contributed by atoms with van der Waals surface area (Å²) in [6.07, 6.45) is 1.78. The van der Waals surface area contributed by atoms with E-state index < -0.39 is 12.0 Å². The highest BCUT2D eigenvalue weighted by Crippen LogP contribution is 2.32. The molecule has 4 rings (SSSR count). The van der Waals surface area contributed by atoms with Crippen LogP contribution in [0, 0.1) is 0 Å². The predicted octanol–water partition coefficient (Wildman–Crippen LogP) is 3.58. The molecule has 0 saturated heterocycles. The van der Waals surface area contributed by atoms with E-state index in [1.807, 2.05) is 42.5 Å². The van der Waals surface area contributed by atoms with E-state index in [4.69, 9.17) is 14.2 Å². The summed E-state index contributed by atoms with van der Waals surface area (Å²) in [4.78, 5) is 31.8. The Morgan fingerprint density at radius 3 is 2.71 bits per heavy atom. The molecule has 0 amide bonds. The molecule has 0 radical (unpaired) electrons. The molecule has 7 nitrogen and oxygen atoms in total. The molecule has 0 spiro atoms. The Morgan fingerprint density at radius 1 is 1.21 bits per heavy atom. The van der Waals surface area contributed by atoms with Gasteiger partial charge in [-0.3, -0.25) is 9.36 Å². The Kier molecular flexibility index (Phi) is 7.04. The fraction of sp³-hybridized carbons (Fsp3) is 0.240. The first kappa shape index (κ1) is 24.0. The van der Waals surface area contributed by atoms with E-state index in [1.165, 1.54) is 11.3 Å². The number of methoxy groups -OCH3 is 2. The topological polar surface area (TPSA) is 79.1 Å². The third-order valence-electron chi connectivity index (χ3n) is 5.40. The van der Waals surface area contributed by atoms with Crippen molar-refractivity contribution in [2.75, 3.05) is 20.8 Å². The van der Waals surface area contributed by atoms with Crippen LogP contribution in [0.4, 0.5) is 0 Å². The van der Waals surface area contributed by atoms with Crippen LogP contribution in [0.1, 0.15) is 31.0 Å². The Balaban J connectivity index is 1.98. The van der Waals surface area contributed by atoms with Gasteiger partial charge in [-0.05, 0) is 55.8 Å². The van der Waals surface area contributed by atoms with Crippen LogP contribution in [0.5, 0.6) is 11.5 Å². The van der Waals surface area contributed by atoms with Crippen LogP contribution in [0.25, 0.3) is 6.08 Å². The summed E-state index contributed by atoms with van der Waals surface area (Å²) in [7, 11) is 3.16. The number of thiazole rings is 1. The normalized spacial score (nSPS) is 15.6. The van der Waals surface area contributed by atoms with Crippen molar-refractivity contribution in [2.45, 2.75) is 19.9 Å². The number of fused-ring (bicyclic) bond motifs is 1. The zero-order valence-corrected chi connectivity index (χ0v) is 21.5. The van der Waals surface area contributed by atoms with Gasteiger partial charge < -0.3 is 14.2 Å². The van der Waals surface area contributed by atoms with Gasteiger partial charge in [0.1, 0.15) is 11.5 Å². The Hall–Kier alpha value is -3.17. The fourth-order valence-electron chi connectivity index (χ4n) is 3.88. The second-order valence-electron chi connectivity index (χ2n) is 7.47. The molecule has 2 aromatic carbocycles. The van der Waals surface area contributed by atoms with Gasteiger partial charge in [0, 0.05) is 10.0 Å². The van der Waals surface area contributed by atoms with E-state index >= 15 is 0 Å². The minimum atomic E-state index is -0.697. The molecule has 1 aliphatic heterocycles. The molecule has 0 bridgehead atoms. The number of aromatic nitrogens is 1. The van der Waals surface area contributed by atoms with Gasteiger partial charge in [-0.2, -0.15) is 0 Å². The number of rotatable bonds is 6. The summed E-state index contributed by atoms with van der Waals surface area (Å²) < 4.78 is 19.1. The lowest BCUT2D eigenvalue weighted by molar-refractivity contribution is -0.139. The van der Waals surface area contributed by atoms with Crippen LogP contribution in [0.15, 0.2) is 68.0 Å². The first-order chi connectivity index (χ1) is 16.4. The van der Waals surface area contributed by atoms with Crippen LogP contribution < -0.4 is 24.4 Å². The summed E-state index contributed by atoms with van der Waals surface area (Å²) in [6.45, 7) is 3.72. The number of benzene rings is 2. The van der Waals surface area contributed by atoms with Crippen LogP contribution >= 0.6 is 27.3 Å². The van der Waals surface area contributed by atoms with E-state index in [9.17, 15) is 9.59 Å². The average Bonchev–Trinajstić information content (AvgIpc) is 3.12. The van der Waals surface area contributed by atoms with E-state index in [0.29, 0.717) is 32.1 Å². The molecule has 2 heterocycles. The van der Waals surface area contributed by atoms with E-state index in [-0.39, 0.29) is 12.2 Å². The Labute approximate surface area is 208 Å². The minimum absolute atomic E-state index is 0.216. The zero-order chi connectivity index (χ0) is 24.4. The fourth-order valence-corrected chi connectivity index (χ4v) is 5.29. The molecular formula is C25H23BrN2O5S. The third kappa shape index (κ3) is 4.45. The van der Waals surface area contributed by atoms with Crippen LogP contribution in [-0.4, -0.2) is 31.4 Å². The van der Waals surface area contributed by atoms with Crippen molar-refractivity contribution in [3.05, 3.63) is 89.0 Å². The lowest BCUT2D eigenvalue weighted by Crippen LogP contribution is -2.39. The molecule has 176 valence electrons. The highest BCUT2D eigenvalue weighted by atomic mass is 79.9. The molecule has 1 aromatic heterocycles. The first-order valence-electron chi connectivity index (χ1n) is 10.5. The molecule has 1 unspecified atom stereocenters. The molecule has 0 aliphatic carbocycles. The van der Waals surface area contributed by atoms with Crippen LogP contribution in [0.2, 0.25) is 0 Å². The number of allylic oxidation sites excluding steroid dienone is 1. The highest BCUT2D eigenvalue weighted by Gasteiger charge is 2.33. The number of carbonyl (C=O) groups is 1. The smallest absolute Gasteiger partial charge is 0.338 e. The standard InChI is InChI=1S/C25H23BrN2O5S/c1-5-33-24(30)21-14(2)27-25-28(22(21)15-7-6-8-18(12-15)31-3)23(29)20(34-25)13-16-11-17(26)9-10-19(16)32-4/h6-13,22H,5H2,1-4H3/b20-13-. The van der Waals surface area contributed by atoms with Gasteiger partial charge in [-0.25, -0.2) is 9.79 Å². The van der Waals surface area contributed by atoms with E-state index in [0.717, 1.165) is 15.6 Å². The van der Waals surface area contributed by atoms with Gasteiger partial charge in [0.25, 0.3) is 5.56 Å². The molecule has 0 N–H and O–H groups in total. The van der Waals surface area contributed by atoms with Gasteiger partial charge in [-0.15, -0.1) is 0 Å². The first-order valence-corrected chi connectivity index (χ1v) is 12.2. The molecule has 1 atom stereocenters. The van der Waals surface area contributed by atoms with Gasteiger partial charge in [-0.1, -0.05) is 39.4 Å². The van der Waals surface area contributed by atoms with Crippen LogP contribution in [-0.2, 0) is 9.53 Å². The highest BCUT2D eigenvalue weighted by molar-refractivity contribution is 9.10. The maximum absolute atomic E-state index is 13.7. The summed E-state index contributed by atoms with van der Waals surface area (Å²) in [6, 6.07) is 12.2. The van der Waals surface area contributed by atoms with Crippen molar-refractivity contribution >= 4 is 39.3 Å². The monoisotopic (exact) mass is 542 g/mol. The van der Waals surface area contributed by atoms with Crippen molar-refractivity contribution in [2.24, 2.45) is 4.99 Å². The molecule has 9 heteroatoms. The van der Waals surface area contributed by atoms with Crippen molar-refractivity contribution in [3.63, 3.8) is 0 Å². The van der Waals surface area contributed by atoms with Crippen LogP contribution in [0.3, 0.4) is 0 Å². The number of ether oxygens (including phenoxy) is 3. The number of hydrogen-bond donors (Lipinski definition) is 0. The largest absolute Gasteiger partial charge is 0.497 e. The summed E-state index contributed by atoms with van der Waals surface area (Å²) in [5, 5.41) is 0. The lowest BCUT2D eigenvalue weighted by atomic mass is 9.95. The zero-order valence-electron chi connectivity index (χ0n) is 19.1. The summed E-state index contributed by atoms with van der Waals surface area (Å²) in [5.74, 6) is 0.762. The van der Waals surface area contributed by atoms with Gasteiger partial charge in [0.05, 0.1) is 42.7 Å². The summed E-state index contributed by atoms with van der Waals surface area (Å²) >= 11 is 4.73. The third-order valence-corrected chi connectivity index (χ3v) is 6.88. The van der Waals surface area contributed by atoms with Gasteiger partial charge in [0.15, 0.2) is 4.80 Å². The number of esters is 1. The number of hydrogen-bond acceptors (Lipinski definition) is 7. The number of halogens is 1. The lowest BCUT2D eigenvalue weighted by Gasteiger charge is -2.25. The number of carbonyl (C=O) groups excluding carboxylic acids is 1. The maximum atomic E-state index is 13.7. The second-order valence-corrected chi connectivity index (χ2v) is 9.39. The van der Waals surface area contributed by atoms with Crippen molar-refractivity contribution in [3.8, 4) is 11.5 Å². The van der Waals surface area contributed by atoms with Crippen molar-refractivity contribution in [1.29, 1.82) is 0 Å². The van der Waals surface area contributed by atoms with Crippen molar-refractivity contribution in [1.82, 2.24) is 4.57 Å². The molecular weight excluding hydrogens is 520 g/mol. The molecule has 3 aromatic rings. The minimum Gasteiger partial charge on any atom is -0.497 e. The van der Waals surface area contributed by atoms with Crippen molar-refractivity contribution < 1.29 is 19.0 Å².